The summed E-state index contributed by atoms with van der Waals surface area (Å²) in [6, 6.07) is 8.05. The second-order valence-corrected chi connectivity index (χ2v) is 8.76. The van der Waals surface area contributed by atoms with Gasteiger partial charge >= 0.3 is 6.61 Å². The average Bonchev–Trinajstić information content (AvgIpc) is 2.82. The highest BCUT2D eigenvalue weighted by Crippen LogP contribution is 2.52. The van der Waals surface area contributed by atoms with Crippen LogP contribution in [0.25, 0.3) is 6.08 Å². The third kappa shape index (κ3) is 4.29. The van der Waals surface area contributed by atoms with Gasteiger partial charge in [0.2, 0.25) is 0 Å². The van der Waals surface area contributed by atoms with Crippen molar-refractivity contribution in [2.75, 3.05) is 6.54 Å². The molecule has 1 aliphatic carbocycles. The topological polar surface area (TPSA) is 53.3 Å². The molecule has 1 amide bonds. The minimum Gasteiger partial charge on any atom is -0.435 e. The fraction of sp³-hybridized carbons (Fsp3) is 0.524. The zero-order valence-corrected chi connectivity index (χ0v) is 15.8. The molecule has 1 saturated heterocycles. The van der Waals surface area contributed by atoms with E-state index >= 15 is 0 Å². The third-order valence-electron chi connectivity index (χ3n) is 5.44. The van der Waals surface area contributed by atoms with Crippen molar-refractivity contribution >= 4 is 12.0 Å². The zero-order valence-electron chi connectivity index (χ0n) is 15.8. The van der Waals surface area contributed by atoms with Crippen molar-refractivity contribution in [3.05, 3.63) is 35.4 Å². The van der Waals surface area contributed by atoms with E-state index in [9.17, 15) is 18.8 Å². The summed E-state index contributed by atoms with van der Waals surface area (Å²) in [5, 5.41) is 9.51. The molecule has 2 fully saturated rings. The van der Waals surface area contributed by atoms with Crippen molar-refractivity contribution < 1.29 is 18.3 Å². The number of fused-ring (bicyclic) bond motifs is 2. The number of ether oxygens (including phenoxy) is 1. The van der Waals surface area contributed by atoms with Crippen molar-refractivity contribution in [2.45, 2.75) is 52.7 Å². The Balaban J connectivity index is 1.79. The molecule has 1 saturated carbocycles. The quantitative estimate of drug-likeness (QED) is 0.571. The fourth-order valence-corrected chi connectivity index (χ4v) is 4.91. The Morgan fingerprint density at radius 2 is 1.96 bits per heavy atom. The number of nitriles is 1. The molecule has 0 radical (unpaired) electrons. The summed E-state index contributed by atoms with van der Waals surface area (Å²) in [6.45, 7) is 4.46. The predicted octanol–water partition coefficient (Wildman–Crippen LogP) is 4.62. The highest BCUT2D eigenvalue weighted by molar-refractivity contribution is 6.02. The van der Waals surface area contributed by atoms with E-state index in [1.165, 1.54) is 18.2 Å². The van der Waals surface area contributed by atoms with Gasteiger partial charge in [0.25, 0.3) is 5.91 Å². The number of carbonyl (C=O) groups is 1. The molecule has 2 unspecified atom stereocenters. The smallest absolute Gasteiger partial charge is 0.387 e. The Bertz CT molecular complexity index is 795. The number of carbonyl (C=O) groups excluding carboxylic acids is 1. The maximum atomic E-state index is 13.0. The zero-order chi connectivity index (χ0) is 19.8. The number of hydrogen-bond acceptors (Lipinski definition) is 3. The SMILES string of the molecule is CC1(C)CC2CC(C)(CN2C(=O)/C(C#N)=C/c2ccc(OC(F)F)cc2)C1. The largest absolute Gasteiger partial charge is 0.435 e. The van der Waals surface area contributed by atoms with Gasteiger partial charge in [-0.2, -0.15) is 14.0 Å². The van der Waals surface area contributed by atoms with Gasteiger partial charge in [-0.05, 0) is 53.9 Å². The first-order valence-electron chi connectivity index (χ1n) is 9.09. The van der Waals surface area contributed by atoms with Gasteiger partial charge in [-0.25, -0.2) is 0 Å². The van der Waals surface area contributed by atoms with E-state index in [4.69, 9.17) is 0 Å². The van der Waals surface area contributed by atoms with E-state index in [1.807, 2.05) is 11.0 Å². The van der Waals surface area contributed by atoms with E-state index < -0.39 is 6.61 Å². The molecule has 27 heavy (non-hydrogen) atoms. The van der Waals surface area contributed by atoms with Gasteiger partial charge in [0, 0.05) is 12.6 Å². The Hall–Kier alpha value is -2.42. The van der Waals surface area contributed by atoms with Gasteiger partial charge in [-0.15, -0.1) is 0 Å². The van der Waals surface area contributed by atoms with E-state index in [2.05, 4.69) is 25.5 Å². The Morgan fingerprint density at radius 1 is 1.30 bits per heavy atom. The molecule has 0 N–H and O–H groups in total. The van der Waals surface area contributed by atoms with E-state index in [0.29, 0.717) is 12.1 Å². The van der Waals surface area contributed by atoms with Gasteiger partial charge in [0.05, 0.1) is 0 Å². The lowest BCUT2D eigenvalue weighted by atomic mass is 9.65. The molecule has 3 rings (SSSR count). The second-order valence-electron chi connectivity index (χ2n) is 8.76. The van der Waals surface area contributed by atoms with Gasteiger partial charge in [0.15, 0.2) is 0 Å². The fourth-order valence-electron chi connectivity index (χ4n) is 4.91. The molecule has 0 aromatic heterocycles. The highest BCUT2D eigenvalue weighted by Gasteiger charge is 2.51. The lowest BCUT2D eigenvalue weighted by Crippen LogP contribution is -2.38. The molecule has 6 heteroatoms. The van der Waals surface area contributed by atoms with Crippen LogP contribution in [-0.2, 0) is 4.79 Å². The normalized spacial score (nSPS) is 26.8. The van der Waals surface area contributed by atoms with Crippen LogP contribution in [-0.4, -0.2) is 30.0 Å². The van der Waals surface area contributed by atoms with Crippen LogP contribution in [0.1, 0.15) is 45.6 Å². The number of hydrogen-bond donors (Lipinski definition) is 0. The number of nitrogens with zero attached hydrogens (tertiary/aromatic N) is 2. The number of alkyl halides is 2. The van der Waals surface area contributed by atoms with Crippen molar-refractivity contribution in [1.29, 1.82) is 5.26 Å². The van der Waals surface area contributed by atoms with Gasteiger partial charge in [-0.1, -0.05) is 32.9 Å². The summed E-state index contributed by atoms with van der Waals surface area (Å²) in [6.07, 6.45) is 4.48. The minimum absolute atomic E-state index is 0.0375. The summed E-state index contributed by atoms with van der Waals surface area (Å²) in [5.74, 6) is -0.215. The number of halogens is 2. The number of benzene rings is 1. The predicted molar refractivity (Wildman–Crippen MR) is 97.9 cm³/mol. The molecular formula is C21H24F2N2O2. The molecule has 144 valence electrons. The molecular weight excluding hydrogens is 350 g/mol. The Morgan fingerprint density at radius 3 is 2.56 bits per heavy atom. The summed E-state index contributed by atoms with van der Waals surface area (Å²) >= 11 is 0. The highest BCUT2D eigenvalue weighted by atomic mass is 19.3. The molecule has 2 bridgehead atoms. The lowest BCUT2D eigenvalue weighted by molar-refractivity contribution is -0.127. The Kier molecular flexibility index (Phi) is 4.98. The lowest BCUT2D eigenvalue weighted by Gasteiger charge is -2.39. The molecule has 1 aromatic rings. The van der Waals surface area contributed by atoms with Crippen LogP contribution >= 0.6 is 0 Å². The van der Waals surface area contributed by atoms with E-state index in [-0.39, 0.29) is 34.1 Å². The molecule has 2 aliphatic rings. The molecule has 1 heterocycles. The Labute approximate surface area is 158 Å². The summed E-state index contributed by atoms with van der Waals surface area (Å²) in [4.78, 5) is 14.8. The maximum absolute atomic E-state index is 13.0. The first-order valence-corrected chi connectivity index (χ1v) is 9.09. The second kappa shape index (κ2) is 6.95. The van der Waals surface area contributed by atoms with E-state index in [0.717, 1.165) is 19.3 Å². The van der Waals surface area contributed by atoms with Gasteiger partial charge in [-0.3, -0.25) is 4.79 Å². The van der Waals surface area contributed by atoms with Crippen molar-refractivity contribution in [3.8, 4) is 11.8 Å². The number of likely N-dealkylation sites (tertiary alicyclic amines) is 1. The molecule has 0 spiro atoms. The van der Waals surface area contributed by atoms with Gasteiger partial charge in [0.1, 0.15) is 17.4 Å². The molecule has 2 atom stereocenters. The summed E-state index contributed by atoms with van der Waals surface area (Å²) < 4.78 is 28.8. The van der Waals surface area contributed by atoms with Crippen LogP contribution in [0.5, 0.6) is 5.75 Å². The summed E-state index contributed by atoms with van der Waals surface area (Å²) in [5.41, 5.74) is 0.933. The first kappa shape index (κ1) is 19.3. The van der Waals surface area contributed by atoms with Crippen molar-refractivity contribution in [3.63, 3.8) is 0 Å². The van der Waals surface area contributed by atoms with E-state index in [1.54, 1.807) is 12.1 Å². The van der Waals surface area contributed by atoms with Gasteiger partial charge < -0.3 is 9.64 Å². The van der Waals surface area contributed by atoms with Crippen LogP contribution in [0.2, 0.25) is 0 Å². The first-order chi connectivity index (χ1) is 12.6. The molecule has 1 aliphatic heterocycles. The number of amides is 1. The van der Waals surface area contributed by atoms with Crippen LogP contribution in [0, 0.1) is 22.2 Å². The standard InChI is InChI=1S/C21H24F2N2O2/c1-20(2)9-16-10-21(3,12-20)13-25(16)18(26)15(11-24)8-14-4-6-17(7-5-14)27-19(22)23/h4-8,16,19H,9-10,12-13H2,1-3H3/b15-8+. The third-order valence-corrected chi connectivity index (χ3v) is 5.44. The average molecular weight is 374 g/mol. The minimum atomic E-state index is -2.89. The van der Waals surface area contributed by atoms with Crippen LogP contribution in [0.15, 0.2) is 29.8 Å². The van der Waals surface area contributed by atoms with Crippen LogP contribution in [0.3, 0.4) is 0 Å². The van der Waals surface area contributed by atoms with Crippen LogP contribution in [0.4, 0.5) is 8.78 Å². The monoisotopic (exact) mass is 374 g/mol. The van der Waals surface area contributed by atoms with Crippen molar-refractivity contribution in [2.24, 2.45) is 10.8 Å². The summed E-state index contributed by atoms with van der Waals surface area (Å²) in [7, 11) is 0. The van der Waals surface area contributed by atoms with Crippen molar-refractivity contribution in [1.82, 2.24) is 4.90 Å². The van der Waals surface area contributed by atoms with Crippen LogP contribution < -0.4 is 4.74 Å². The number of rotatable bonds is 4. The molecule has 1 aromatic carbocycles. The molecule has 4 nitrogen and oxygen atoms in total. The maximum Gasteiger partial charge on any atom is 0.387 e.